The third kappa shape index (κ3) is 4.32. The molecular formula is C15H25NO2S. The Labute approximate surface area is 119 Å². The highest BCUT2D eigenvalue weighted by Gasteiger charge is 2.14. The molecule has 1 rings (SSSR count). The van der Waals surface area contributed by atoms with Gasteiger partial charge in [-0.05, 0) is 38.1 Å². The van der Waals surface area contributed by atoms with E-state index in [9.17, 15) is 4.21 Å². The zero-order valence-corrected chi connectivity index (χ0v) is 13.3. The molecule has 0 aromatic heterocycles. The molecule has 0 saturated heterocycles. The molecule has 0 aliphatic rings. The van der Waals surface area contributed by atoms with Gasteiger partial charge in [-0.2, -0.15) is 0 Å². The summed E-state index contributed by atoms with van der Waals surface area (Å²) in [6.45, 7) is 6.21. The van der Waals surface area contributed by atoms with E-state index in [4.69, 9.17) is 4.74 Å². The van der Waals surface area contributed by atoms with Crippen LogP contribution in [0.1, 0.15) is 44.4 Å². The molecule has 108 valence electrons. The molecule has 1 N–H and O–H groups in total. The second kappa shape index (κ2) is 7.65. The Kier molecular flexibility index (Phi) is 6.52. The summed E-state index contributed by atoms with van der Waals surface area (Å²) in [5.74, 6) is 1.38. The van der Waals surface area contributed by atoms with Gasteiger partial charge in [0.25, 0.3) is 0 Å². The minimum absolute atomic E-state index is 0.218. The quantitative estimate of drug-likeness (QED) is 0.836. The topological polar surface area (TPSA) is 38.3 Å². The van der Waals surface area contributed by atoms with Crippen LogP contribution in [0.25, 0.3) is 0 Å². The Morgan fingerprint density at radius 1 is 1.37 bits per heavy atom. The van der Waals surface area contributed by atoms with Crippen molar-refractivity contribution in [2.45, 2.75) is 44.2 Å². The fourth-order valence-electron chi connectivity index (χ4n) is 1.83. The maximum Gasteiger partial charge on any atom is 0.123 e. The van der Waals surface area contributed by atoms with Crippen LogP contribution < -0.4 is 10.1 Å². The molecule has 0 aliphatic heterocycles. The van der Waals surface area contributed by atoms with E-state index in [0.29, 0.717) is 5.75 Å². The number of hydrogen-bond donors (Lipinski definition) is 1. The van der Waals surface area contributed by atoms with Crippen molar-refractivity contribution in [2.75, 3.05) is 14.2 Å². The summed E-state index contributed by atoms with van der Waals surface area (Å²) in [7, 11) is 2.74. The van der Waals surface area contributed by atoms with Crippen LogP contribution in [0.3, 0.4) is 0 Å². The second-order valence-electron chi connectivity index (χ2n) is 4.83. The monoisotopic (exact) mass is 283 g/mol. The normalized spacial score (nSPS) is 15.8. The van der Waals surface area contributed by atoms with E-state index < -0.39 is 10.8 Å². The lowest BCUT2D eigenvalue weighted by Gasteiger charge is -2.16. The van der Waals surface area contributed by atoms with Crippen LogP contribution in [0.5, 0.6) is 5.75 Å². The maximum atomic E-state index is 12.2. The predicted molar refractivity (Wildman–Crippen MR) is 82.1 cm³/mol. The molecule has 0 bridgehead atoms. The minimum atomic E-state index is -0.852. The van der Waals surface area contributed by atoms with E-state index >= 15 is 0 Å². The van der Waals surface area contributed by atoms with Crippen molar-refractivity contribution in [3.63, 3.8) is 0 Å². The van der Waals surface area contributed by atoms with Crippen LogP contribution >= 0.6 is 0 Å². The first-order valence-electron chi connectivity index (χ1n) is 6.74. The molecular weight excluding hydrogens is 258 g/mol. The van der Waals surface area contributed by atoms with Crippen LogP contribution in [0, 0.1) is 0 Å². The molecule has 4 heteroatoms. The highest BCUT2D eigenvalue weighted by Crippen LogP contribution is 2.25. The molecule has 0 spiro atoms. The third-order valence-electron chi connectivity index (χ3n) is 3.56. The molecule has 3 unspecified atom stereocenters. The van der Waals surface area contributed by atoms with Crippen LogP contribution in [0.4, 0.5) is 0 Å². The Morgan fingerprint density at radius 2 is 2.05 bits per heavy atom. The molecule has 0 amide bonds. The van der Waals surface area contributed by atoms with Gasteiger partial charge in [0.2, 0.25) is 0 Å². The molecule has 1 aromatic rings. The van der Waals surface area contributed by atoms with Gasteiger partial charge in [0, 0.05) is 27.7 Å². The van der Waals surface area contributed by atoms with Crippen molar-refractivity contribution in [1.29, 1.82) is 0 Å². The number of ether oxygens (including phenoxy) is 1. The fraction of sp³-hybridized carbons (Fsp3) is 0.600. The van der Waals surface area contributed by atoms with Gasteiger partial charge in [0.1, 0.15) is 5.75 Å². The molecule has 3 nitrogen and oxygen atoms in total. The molecule has 3 atom stereocenters. The van der Waals surface area contributed by atoms with Crippen LogP contribution in [0.15, 0.2) is 18.2 Å². The summed E-state index contributed by atoms with van der Waals surface area (Å²) in [4.78, 5) is 0. The Balaban J connectivity index is 2.99. The van der Waals surface area contributed by atoms with E-state index in [1.165, 1.54) is 5.56 Å². The number of rotatable bonds is 7. The number of nitrogens with one attached hydrogen (secondary N) is 1. The van der Waals surface area contributed by atoms with E-state index in [-0.39, 0.29) is 11.3 Å². The zero-order chi connectivity index (χ0) is 14.4. The SMILES string of the molecule is CCC(C)S(=O)Cc1cc(C(C)NC)ccc1OC. The Hall–Kier alpha value is -0.870. The summed E-state index contributed by atoms with van der Waals surface area (Å²) in [6.07, 6.45) is 0.932. The summed E-state index contributed by atoms with van der Waals surface area (Å²) >= 11 is 0. The molecule has 0 saturated carbocycles. The van der Waals surface area contributed by atoms with Gasteiger partial charge >= 0.3 is 0 Å². The van der Waals surface area contributed by atoms with Gasteiger partial charge in [-0.15, -0.1) is 0 Å². The van der Waals surface area contributed by atoms with Gasteiger partial charge < -0.3 is 10.1 Å². The standard InChI is InChI=1S/C15H25NO2S/c1-6-11(2)19(17)10-14-9-13(12(3)16-4)7-8-15(14)18-5/h7-9,11-12,16H,6,10H2,1-5H3. The predicted octanol–water partition coefficient (Wildman–Crippen LogP) is 3.02. The second-order valence-corrected chi connectivity index (χ2v) is 6.68. The first-order chi connectivity index (χ1) is 9.03. The van der Waals surface area contributed by atoms with Crippen molar-refractivity contribution >= 4 is 10.8 Å². The third-order valence-corrected chi connectivity index (χ3v) is 5.39. The van der Waals surface area contributed by atoms with Crippen LogP contribution in [-0.2, 0) is 16.6 Å². The fourth-order valence-corrected chi connectivity index (χ4v) is 3.02. The molecule has 19 heavy (non-hydrogen) atoms. The summed E-state index contributed by atoms with van der Waals surface area (Å²) < 4.78 is 17.6. The van der Waals surface area contributed by atoms with Crippen LogP contribution in [0.2, 0.25) is 0 Å². The van der Waals surface area contributed by atoms with Crippen LogP contribution in [-0.4, -0.2) is 23.6 Å². The highest BCUT2D eigenvalue weighted by atomic mass is 32.2. The van der Waals surface area contributed by atoms with Gasteiger partial charge in [-0.3, -0.25) is 4.21 Å². The Morgan fingerprint density at radius 3 is 2.58 bits per heavy atom. The lowest BCUT2D eigenvalue weighted by atomic mass is 10.1. The van der Waals surface area contributed by atoms with E-state index in [1.807, 2.05) is 20.0 Å². The number of hydrogen-bond acceptors (Lipinski definition) is 3. The lowest BCUT2D eigenvalue weighted by Crippen LogP contribution is -2.14. The molecule has 1 aromatic carbocycles. The first-order valence-corrected chi connectivity index (χ1v) is 8.12. The van der Waals surface area contributed by atoms with E-state index in [2.05, 4.69) is 31.3 Å². The molecule has 0 fully saturated rings. The van der Waals surface area contributed by atoms with Crippen molar-refractivity contribution < 1.29 is 8.95 Å². The van der Waals surface area contributed by atoms with E-state index in [1.54, 1.807) is 7.11 Å². The smallest absolute Gasteiger partial charge is 0.123 e. The molecule has 0 aliphatic carbocycles. The minimum Gasteiger partial charge on any atom is -0.496 e. The zero-order valence-electron chi connectivity index (χ0n) is 12.5. The van der Waals surface area contributed by atoms with Gasteiger partial charge in [0.15, 0.2) is 0 Å². The number of benzene rings is 1. The first kappa shape index (κ1) is 16.2. The average Bonchev–Trinajstić information content (AvgIpc) is 2.45. The number of methoxy groups -OCH3 is 1. The summed E-state index contributed by atoms with van der Waals surface area (Å²) in [5, 5.41) is 3.43. The average molecular weight is 283 g/mol. The van der Waals surface area contributed by atoms with Gasteiger partial charge in [-0.1, -0.05) is 19.9 Å². The van der Waals surface area contributed by atoms with Crippen molar-refractivity contribution in [2.24, 2.45) is 0 Å². The summed E-state index contributed by atoms with van der Waals surface area (Å²) in [6, 6.07) is 6.39. The summed E-state index contributed by atoms with van der Waals surface area (Å²) in [5.41, 5.74) is 2.22. The van der Waals surface area contributed by atoms with Gasteiger partial charge in [-0.25, -0.2) is 0 Å². The van der Waals surface area contributed by atoms with Crippen molar-refractivity contribution in [3.05, 3.63) is 29.3 Å². The molecule has 0 heterocycles. The Bertz CT molecular complexity index is 434. The molecule has 0 radical (unpaired) electrons. The highest BCUT2D eigenvalue weighted by molar-refractivity contribution is 7.84. The van der Waals surface area contributed by atoms with Gasteiger partial charge in [0.05, 0.1) is 12.9 Å². The maximum absolute atomic E-state index is 12.2. The van der Waals surface area contributed by atoms with Crippen molar-refractivity contribution in [3.8, 4) is 5.75 Å². The lowest BCUT2D eigenvalue weighted by molar-refractivity contribution is 0.410. The van der Waals surface area contributed by atoms with Crippen molar-refractivity contribution in [1.82, 2.24) is 5.32 Å². The largest absolute Gasteiger partial charge is 0.496 e. The van der Waals surface area contributed by atoms with E-state index in [0.717, 1.165) is 17.7 Å².